The summed E-state index contributed by atoms with van der Waals surface area (Å²) in [6, 6.07) is 14.8. The van der Waals surface area contributed by atoms with Crippen molar-refractivity contribution in [3.63, 3.8) is 0 Å². The van der Waals surface area contributed by atoms with E-state index < -0.39 is 5.97 Å². The molecule has 2 aliphatic heterocycles. The van der Waals surface area contributed by atoms with E-state index in [1.807, 2.05) is 55.1 Å². The molecule has 0 aliphatic carbocycles. The molecule has 2 aromatic carbocycles. The minimum Gasteiger partial charge on any atom is -0.491 e. The lowest BCUT2D eigenvalue weighted by Gasteiger charge is -2.32. The van der Waals surface area contributed by atoms with Gasteiger partial charge >= 0.3 is 5.97 Å². The number of hydrogen-bond acceptors (Lipinski definition) is 5. The molecule has 2 unspecified atom stereocenters. The lowest BCUT2D eigenvalue weighted by molar-refractivity contribution is 0.0611. The second-order valence-electron chi connectivity index (χ2n) is 8.79. The number of carboxylic acid groups (broad SMARTS) is 1. The first-order valence-electron chi connectivity index (χ1n) is 11.1. The molecule has 0 saturated carbocycles. The fourth-order valence-corrected chi connectivity index (χ4v) is 4.98. The van der Waals surface area contributed by atoms with E-state index in [4.69, 9.17) is 16.3 Å². The van der Waals surface area contributed by atoms with Gasteiger partial charge in [-0.2, -0.15) is 0 Å². The normalized spacial score (nSPS) is 17.6. The first-order chi connectivity index (χ1) is 16.3. The fourth-order valence-electron chi connectivity index (χ4n) is 4.83. The Bertz CT molecular complexity index is 1310. The van der Waals surface area contributed by atoms with E-state index in [0.29, 0.717) is 24.4 Å². The molecule has 2 N–H and O–H groups in total. The molecule has 174 valence electrons. The maximum atomic E-state index is 13.4. The van der Waals surface area contributed by atoms with Crippen LogP contribution < -0.4 is 10.1 Å². The van der Waals surface area contributed by atoms with Gasteiger partial charge in [0, 0.05) is 18.2 Å². The van der Waals surface area contributed by atoms with Crippen molar-refractivity contribution in [2.24, 2.45) is 0 Å². The number of carbonyl (C=O) groups excluding carboxylic acids is 1. The third-order valence-electron chi connectivity index (χ3n) is 6.45. The number of rotatable bonds is 5. The minimum atomic E-state index is -1.16. The molecule has 5 rings (SSSR count). The monoisotopic (exact) mass is 477 g/mol. The molecule has 3 aromatic rings. The number of para-hydroxylation sites is 1. The number of carboxylic acids is 1. The molecular weight excluding hydrogens is 454 g/mol. The van der Waals surface area contributed by atoms with Crippen LogP contribution in [-0.2, 0) is 13.0 Å². The number of hydrogen-bond donors (Lipinski definition) is 2. The van der Waals surface area contributed by atoms with E-state index in [1.54, 1.807) is 12.1 Å². The average Bonchev–Trinajstić information content (AvgIpc) is 3.15. The molecule has 1 amide bonds. The zero-order valence-electron chi connectivity index (χ0n) is 18.8. The third kappa shape index (κ3) is 3.96. The largest absolute Gasteiger partial charge is 0.491 e. The highest BCUT2D eigenvalue weighted by atomic mass is 35.5. The van der Waals surface area contributed by atoms with Crippen LogP contribution in [0, 0.1) is 6.92 Å². The van der Waals surface area contributed by atoms with E-state index in [0.717, 1.165) is 34.4 Å². The van der Waals surface area contributed by atoms with Crippen LogP contribution in [0.2, 0.25) is 5.15 Å². The SMILES string of the molecule is Cc1cc2c(c(C(C)Nc3ccc(Cl)nc3C(=O)O)c1)CN(C1COc3ccccc3C1)C2=O. The number of anilines is 1. The Balaban J connectivity index is 1.43. The van der Waals surface area contributed by atoms with Crippen molar-refractivity contribution in [1.82, 2.24) is 9.88 Å². The van der Waals surface area contributed by atoms with Crippen molar-refractivity contribution >= 4 is 29.2 Å². The number of carbonyl (C=O) groups is 2. The summed E-state index contributed by atoms with van der Waals surface area (Å²) in [5, 5.41) is 12.9. The standard InChI is InChI=1S/C26H24ClN3O4/c1-14-9-18(15(2)28-21-7-8-23(27)29-24(21)26(32)33)20-12-30(25(31)19(20)10-14)17-11-16-5-3-4-6-22(16)34-13-17/h3-10,15,17,28H,11-13H2,1-2H3,(H,32,33). The number of halogens is 1. The minimum absolute atomic E-state index is 0.000448. The molecule has 3 heterocycles. The summed E-state index contributed by atoms with van der Waals surface area (Å²) < 4.78 is 5.94. The second-order valence-corrected chi connectivity index (χ2v) is 9.18. The first kappa shape index (κ1) is 22.2. The topological polar surface area (TPSA) is 91.8 Å². The Morgan fingerprint density at radius 3 is 2.85 bits per heavy atom. The molecule has 0 fully saturated rings. The summed E-state index contributed by atoms with van der Waals surface area (Å²) in [6.45, 7) is 4.84. The van der Waals surface area contributed by atoms with Crippen molar-refractivity contribution in [2.45, 2.75) is 38.9 Å². The van der Waals surface area contributed by atoms with Crippen molar-refractivity contribution in [2.75, 3.05) is 11.9 Å². The van der Waals surface area contributed by atoms with Crippen molar-refractivity contribution < 1.29 is 19.4 Å². The highest BCUT2D eigenvalue weighted by Crippen LogP contribution is 2.36. The van der Waals surface area contributed by atoms with Gasteiger partial charge in [-0.25, -0.2) is 9.78 Å². The van der Waals surface area contributed by atoms with Crippen LogP contribution in [-0.4, -0.2) is 39.5 Å². The van der Waals surface area contributed by atoms with Gasteiger partial charge in [0.05, 0.1) is 11.7 Å². The quantitative estimate of drug-likeness (QED) is 0.509. The lowest BCUT2D eigenvalue weighted by Crippen LogP contribution is -2.43. The van der Waals surface area contributed by atoms with Gasteiger partial charge in [-0.1, -0.05) is 35.9 Å². The molecule has 1 aromatic heterocycles. The number of amides is 1. The molecule has 0 saturated heterocycles. The van der Waals surface area contributed by atoms with Crippen molar-refractivity contribution in [1.29, 1.82) is 0 Å². The number of aromatic nitrogens is 1. The Labute approximate surface area is 202 Å². The molecular formula is C26H24ClN3O4. The Morgan fingerprint density at radius 1 is 1.26 bits per heavy atom. The van der Waals surface area contributed by atoms with Crippen LogP contribution in [0.4, 0.5) is 5.69 Å². The van der Waals surface area contributed by atoms with Gasteiger partial charge in [0.25, 0.3) is 5.91 Å². The maximum absolute atomic E-state index is 13.4. The summed E-state index contributed by atoms with van der Waals surface area (Å²) in [6.07, 6.45) is 0.746. The van der Waals surface area contributed by atoms with Crippen molar-refractivity contribution in [3.05, 3.63) is 87.2 Å². The summed E-state index contributed by atoms with van der Waals surface area (Å²) in [5.74, 6) is -0.284. The molecule has 0 bridgehead atoms. The number of nitrogens with one attached hydrogen (secondary N) is 1. The van der Waals surface area contributed by atoms with Crippen LogP contribution in [0.3, 0.4) is 0 Å². The average molecular weight is 478 g/mol. The highest BCUT2D eigenvalue weighted by Gasteiger charge is 2.37. The van der Waals surface area contributed by atoms with Gasteiger partial charge in [-0.3, -0.25) is 4.79 Å². The highest BCUT2D eigenvalue weighted by molar-refractivity contribution is 6.29. The van der Waals surface area contributed by atoms with Crippen molar-refractivity contribution in [3.8, 4) is 5.75 Å². The molecule has 2 atom stereocenters. The Kier molecular flexibility index (Phi) is 5.65. The number of aryl methyl sites for hydroxylation is 1. The van der Waals surface area contributed by atoms with Gasteiger partial charge in [0.2, 0.25) is 0 Å². The van der Waals surface area contributed by atoms with E-state index >= 15 is 0 Å². The predicted octanol–water partition coefficient (Wildman–Crippen LogP) is 4.87. The van der Waals surface area contributed by atoms with Crippen LogP contribution in [0.1, 0.15) is 56.1 Å². The molecule has 34 heavy (non-hydrogen) atoms. The van der Waals surface area contributed by atoms with Gasteiger partial charge in [0.15, 0.2) is 5.69 Å². The second kappa shape index (κ2) is 8.65. The Hall–Kier alpha value is -3.58. The van der Waals surface area contributed by atoms with Crippen LogP contribution in [0.5, 0.6) is 5.75 Å². The van der Waals surface area contributed by atoms with Gasteiger partial charge in [0.1, 0.15) is 17.5 Å². The van der Waals surface area contributed by atoms with E-state index in [9.17, 15) is 14.7 Å². The number of benzene rings is 2. The molecule has 8 heteroatoms. The van der Waals surface area contributed by atoms with Crippen LogP contribution in [0.15, 0.2) is 48.5 Å². The first-order valence-corrected chi connectivity index (χ1v) is 11.5. The number of nitrogens with zero attached hydrogens (tertiary/aromatic N) is 2. The summed E-state index contributed by atoms with van der Waals surface area (Å²) in [7, 11) is 0. The molecule has 0 spiro atoms. The van der Waals surface area contributed by atoms with Gasteiger partial charge in [-0.05, 0) is 66.8 Å². The summed E-state index contributed by atoms with van der Waals surface area (Å²) >= 11 is 5.89. The third-order valence-corrected chi connectivity index (χ3v) is 6.66. The molecule has 0 radical (unpaired) electrons. The molecule has 2 aliphatic rings. The fraction of sp³-hybridized carbons (Fsp3) is 0.269. The predicted molar refractivity (Wildman–Crippen MR) is 129 cm³/mol. The summed E-state index contributed by atoms with van der Waals surface area (Å²) in [5.41, 5.74) is 4.90. The summed E-state index contributed by atoms with van der Waals surface area (Å²) in [4.78, 5) is 30.9. The zero-order valence-corrected chi connectivity index (χ0v) is 19.6. The van der Waals surface area contributed by atoms with E-state index in [-0.39, 0.29) is 28.8 Å². The van der Waals surface area contributed by atoms with Gasteiger partial charge in [-0.15, -0.1) is 0 Å². The Morgan fingerprint density at radius 2 is 2.06 bits per heavy atom. The zero-order chi connectivity index (χ0) is 24.0. The van der Waals surface area contributed by atoms with E-state index in [2.05, 4.69) is 10.3 Å². The molecule has 7 nitrogen and oxygen atoms in total. The maximum Gasteiger partial charge on any atom is 0.356 e. The van der Waals surface area contributed by atoms with Crippen LogP contribution in [0.25, 0.3) is 0 Å². The number of pyridine rings is 1. The smallest absolute Gasteiger partial charge is 0.356 e. The number of aromatic carboxylic acids is 1. The van der Waals surface area contributed by atoms with Crippen LogP contribution >= 0.6 is 11.6 Å². The van der Waals surface area contributed by atoms with E-state index in [1.165, 1.54) is 0 Å². The number of ether oxygens (including phenoxy) is 1. The lowest BCUT2D eigenvalue weighted by atomic mass is 9.95. The van der Waals surface area contributed by atoms with Gasteiger partial charge < -0.3 is 20.1 Å². The number of fused-ring (bicyclic) bond motifs is 2.